The summed E-state index contributed by atoms with van der Waals surface area (Å²) in [4.78, 5) is 13.2. The van der Waals surface area contributed by atoms with Crippen molar-refractivity contribution in [1.29, 1.82) is 0 Å². The first-order valence-corrected chi connectivity index (χ1v) is 5.40. The number of thiol groups is 1. The Labute approximate surface area is 94.9 Å². The fraction of sp³-hybridized carbons (Fsp3) is 0.364. The van der Waals surface area contributed by atoms with Crippen LogP contribution in [0, 0.1) is 0 Å². The van der Waals surface area contributed by atoms with Crippen molar-refractivity contribution in [3.8, 4) is 0 Å². The molecule has 0 aliphatic carbocycles. The minimum Gasteiger partial charge on any atom is -0.315 e. The number of fused-ring (bicyclic) bond motifs is 1. The first-order valence-electron chi connectivity index (χ1n) is 4.88. The number of carbonyl (C=O) groups is 1. The van der Waals surface area contributed by atoms with Crippen molar-refractivity contribution in [2.75, 3.05) is 19.0 Å². The summed E-state index contributed by atoms with van der Waals surface area (Å²) < 4.78 is 0. The Balaban J connectivity index is 2.37. The van der Waals surface area contributed by atoms with E-state index in [0.29, 0.717) is 6.42 Å². The zero-order valence-electron chi connectivity index (χ0n) is 8.82. The molecule has 0 spiro atoms. The maximum absolute atomic E-state index is 11.5. The highest BCUT2D eigenvalue weighted by Gasteiger charge is 2.24. The van der Waals surface area contributed by atoms with Gasteiger partial charge in [-0.3, -0.25) is 4.79 Å². The van der Waals surface area contributed by atoms with E-state index in [1.807, 2.05) is 32.3 Å². The smallest absolute Gasteiger partial charge is 0.231 e. The van der Waals surface area contributed by atoms with Crippen LogP contribution in [0.15, 0.2) is 18.2 Å². The summed E-state index contributed by atoms with van der Waals surface area (Å²) in [5, 5.41) is 3.08. The lowest BCUT2D eigenvalue weighted by Gasteiger charge is -2.13. The van der Waals surface area contributed by atoms with E-state index in [4.69, 9.17) is 0 Å². The molecule has 1 aromatic rings. The predicted octanol–water partition coefficient (Wildman–Crippen LogP) is 1.35. The quantitative estimate of drug-likeness (QED) is 0.585. The van der Waals surface area contributed by atoms with Gasteiger partial charge < -0.3 is 10.2 Å². The van der Waals surface area contributed by atoms with E-state index in [0.717, 1.165) is 16.8 Å². The Hall–Kier alpha value is -1.00. The molecule has 80 valence electrons. The summed E-state index contributed by atoms with van der Waals surface area (Å²) in [6.45, 7) is 0. The van der Waals surface area contributed by atoms with Gasteiger partial charge >= 0.3 is 0 Å². The molecule has 1 N–H and O–H groups in total. The molecule has 1 aromatic carbocycles. The monoisotopic (exact) mass is 222 g/mol. The van der Waals surface area contributed by atoms with Crippen molar-refractivity contribution < 1.29 is 4.79 Å². The summed E-state index contributed by atoms with van der Waals surface area (Å²) in [6, 6.07) is 6.03. The van der Waals surface area contributed by atoms with Crippen LogP contribution in [-0.2, 0) is 11.2 Å². The van der Waals surface area contributed by atoms with Crippen LogP contribution in [0.4, 0.5) is 5.69 Å². The second-order valence-corrected chi connectivity index (χ2v) is 4.23. The van der Waals surface area contributed by atoms with Crippen LogP contribution in [0.3, 0.4) is 0 Å². The Morgan fingerprint density at radius 2 is 2.27 bits per heavy atom. The minimum atomic E-state index is 0.0244. The lowest BCUT2D eigenvalue weighted by Crippen LogP contribution is -2.20. The van der Waals surface area contributed by atoms with Crippen molar-refractivity contribution in [2.45, 2.75) is 11.8 Å². The van der Waals surface area contributed by atoms with Crippen molar-refractivity contribution in [3.63, 3.8) is 0 Å². The van der Waals surface area contributed by atoms with E-state index in [1.165, 1.54) is 0 Å². The van der Waals surface area contributed by atoms with E-state index in [2.05, 4.69) is 17.9 Å². The molecule has 0 radical (unpaired) electrons. The Kier molecular flexibility index (Phi) is 2.71. The van der Waals surface area contributed by atoms with Crippen molar-refractivity contribution in [2.24, 2.45) is 0 Å². The zero-order valence-corrected chi connectivity index (χ0v) is 9.71. The van der Waals surface area contributed by atoms with Crippen molar-refractivity contribution in [3.05, 3.63) is 29.3 Å². The normalized spacial score (nSPS) is 16.7. The Morgan fingerprint density at radius 3 is 2.93 bits per heavy atom. The number of benzene rings is 1. The van der Waals surface area contributed by atoms with E-state index >= 15 is 0 Å². The highest BCUT2D eigenvalue weighted by Crippen LogP contribution is 2.30. The summed E-state index contributed by atoms with van der Waals surface area (Å²) in [5.41, 5.74) is 3.21. The highest BCUT2D eigenvalue weighted by molar-refractivity contribution is 7.80. The number of likely N-dealkylation sites (N-methyl/N-ethyl adjacent to an activating group) is 1. The molecule has 0 bridgehead atoms. The zero-order chi connectivity index (χ0) is 11.0. The number of carbonyl (C=O) groups excluding carboxylic acids is 1. The van der Waals surface area contributed by atoms with E-state index in [1.54, 1.807) is 4.90 Å². The van der Waals surface area contributed by atoms with Crippen LogP contribution in [0.25, 0.3) is 0 Å². The Bertz CT molecular complexity index is 406. The molecule has 1 aliphatic heterocycles. The van der Waals surface area contributed by atoms with E-state index in [9.17, 15) is 4.79 Å². The highest BCUT2D eigenvalue weighted by atomic mass is 32.1. The van der Waals surface area contributed by atoms with Crippen LogP contribution in [0.1, 0.15) is 16.5 Å². The van der Waals surface area contributed by atoms with Gasteiger partial charge in [0.1, 0.15) is 0 Å². The topological polar surface area (TPSA) is 32.3 Å². The molecule has 0 saturated heterocycles. The van der Waals surface area contributed by atoms with Gasteiger partial charge in [-0.25, -0.2) is 0 Å². The van der Waals surface area contributed by atoms with Crippen LogP contribution in [0.5, 0.6) is 0 Å². The molecule has 0 fully saturated rings. The van der Waals surface area contributed by atoms with Gasteiger partial charge in [0, 0.05) is 12.7 Å². The first kappa shape index (κ1) is 10.5. The van der Waals surface area contributed by atoms with Crippen LogP contribution >= 0.6 is 12.6 Å². The van der Waals surface area contributed by atoms with Gasteiger partial charge in [-0.2, -0.15) is 12.6 Å². The number of hydrogen-bond acceptors (Lipinski definition) is 3. The molecular weight excluding hydrogens is 208 g/mol. The number of rotatable bonds is 2. The van der Waals surface area contributed by atoms with Crippen molar-refractivity contribution >= 4 is 24.2 Å². The third kappa shape index (κ3) is 1.75. The third-order valence-electron chi connectivity index (χ3n) is 2.77. The molecule has 15 heavy (non-hydrogen) atoms. The van der Waals surface area contributed by atoms with E-state index < -0.39 is 0 Å². The molecule has 1 atom stereocenters. The van der Waals surface area contributed by atoms with Gasteiger partial charge in [0.15, 0.2) is 0 Å². The van der Waals surface area contributed by atoms with Gasteiger partial charge in [-0.1, -0.05) is 12.1 Å². The van der Waals surface area contributed by atoms with Crippen LogP contribution in [-0.4, -0.2) is 20.0 Å². The molecule has 0 saturated carbocycles. The molecule has 1 aliphatic rings. The molecule has 1 amide bonds. The molecular formula is C11H14N2OS. The van der Waals surface area contributed by atoms with Gasteiger partial charge in [-0.05, 0) is 24.2 Å². The number of anilines is 1. The molecule has 1 heterocycles. The average molecular weight is 222 g/mol. The largest absolute Gasteiger partial charge is 0.315 e. The second-order valence-electron chi connectivity index (χ2n) is 3.71. The lowest BCUT2D eigenvalue weighted by molar-refractivity contribution is -0.117. The van der Waals surface area contributed by atoms with Gasteiger partial charge in [-0.15, -0.1) is 0 Å². The van der Waals surface area contributed by atoms with Gasteiger partial charge in [0.2, 0.25) is 5.91 Å². The van der Waals surface area contributed by atoms with E-state index in [-0.39, 0.29) is 11.3 Å². The maximum atomic E-state index is 11.5. The lowest BCUT2D eigenvalue weighted by atomic mass is 10.1. The maximum Gasteiger partial charge on any atom is 0.231 e. The molecule has 1 unspecified atom stereocenters. The van der Waals surface area contributed by atoms with Crippen LogP contribution in [0.2, 0.25) is 0 Å². The molecule has 3 nitrogen and oxygen atoms in total. The summed E-state index contributed by atoms with van der Waals surface area (Å²) >= 11 is 4.40. The first-order chi connectivity index (χ1) is 7.13. The number of amides is 1. The predicted molar refractivity (Wildman–Crippen MR) is 64.3 cm³/mol. The minimum absolute atomic E-state index is 0.0244. The molecule has 2 rings (SSSR count). The SMILES string of the molecule is CNC(S)c1ccc2c(c1)CC(=O)N2C. The average Bonchev–Trinajstić information content (AvgIpc) is 2.53. The third-order valence-corrected chi connectivity index (χ3v) is 3.33. The fourth-order valence-corrected chi connectivity index (χ4v) is 1.99. The fourth-order valence-electron chi connectivity index (χ4n) is 1.83. The number of nitrogens with zero attached hydrogens (tertiary/aromatic N) is 1. The summed E-state index contributed by atoms with van der Waals surface area (Å²) in [6.07, 6.45) is 0.504. The molecule has 4 heteroatoms. The molecule has 0 aromatic heterocycles. The number of nitrogens with one attached hydrogen (secondary N) is 1. The Morgan fingerprint density at radius 1 is 1.53 bits per heavy atom. The van der Waals surface area contributed by atoms with Gasteiger partial charge in [0.05, 0.1) is 11.8 Å². The number of hydrogen-bond donors (Lipinski definition) is 2. The second kappa shape index (κ2) is 3.87. The van der Waals surface area contributed by atoms with Crippen LogP contribution < -0.4 is 10.2 Å². The van der Waals surface area contributed by atoms with Crippen molar-refractivity contribution in [1.82, 2.24) is 5.32 Å². The summed E-state index contributed by atoms with van der Waals surface area (Å²) in [5.74, 6) is 0.155. The summed E-state index contributed by atoms with van der Waals surface area (Å²) in [7, 11) is 3.67. The van der Waals surface area contributed by atoms with Gasteiger partial charge in [0.25, 0.3) is 0 Å². The standard InChI is InChI=1S/C11H14N2OS/c1-12-11(15)7-3-4-9-8(5-7)6-10(14)13(9)2/h3-5,11-12,15H,6H2,1-2H3.